The van der Waals surface area contributed by atoms with Gasteiger partial charge in [0.05, 0.1) is 11.8 Å². The number of nitrogens with zero attached hydrogens (tertiary/aromatic N) is 3. The van der Waals surface area contributed by atoms with E-state index in [1.165, 1.54) is 17.0 Å². The van der Waals surface area contributed by atoms with Crippen molar-refractivity contribution in [3.63, 3.8) is 0 Å². The van der Waals surface area contributed by atoms with E-state index >= 15 is 0 Å². The Morgan fingerprint density at radius 2 is 2.06 bits per heavy atom. The number of rotatable bonds is 6. The highest BCUT2D eigenvalue weighted by molar-refractivity contribution is 14.0. The molecule has 176 valence electrons. The van der Waals surface area contributed by atoms with Gasteiger partial charge in [-0.25, -0.2) is 4.99 Å². The van der Waals surface area contributed by atoms with Crippen molar-refractivity contribution in [2.45, 2.75) is 24.9 Å². The Hall–Kier alpha value is -2.24. The summed E-state index contributed by atoms with van der Waals surface area (Å²) in [5.41, 5.74) is 0.0297. The van der Waals surface area contributed by atoms with Crippen molar-refractivity contribution in [3.8, 4) is 0 Å². The van der Waals surface area contributed by atoms with Crippen molar-refractivity contribution in [3.05, 3.63) is 59.5 Å². The second kappa shape index (κ2) is 11.6. The van der Waals surface area contributed by atoms with Gasteiger partial charge in [0.1, 0.15) is 12.3 Å². The molecule has 0 radical (unpaired) electrons. The summed E-state index contributed by atoms with van der Waals surface area (Å²) in [5.74, 6) is 1.25. The van der Waals surface area contributed by atoms with E-state index in [0.717, 1.165) is 11.8 Å². The maximum atomic E-state index is 13.1. The normalized spacial score (nSPS) is 16.6. The monoisotopic (exact) mass is 564 g/mol. The number of benzene rings is 1. The van der Waals surface area contributed by atoms with Gasteiger partial charge in [-0.1, -0.05) is 18.2 Å². The second-order valence-corrected chi connectivity index (χ2v) is 7.74. The van der Waals surface area contributed by atoms with Crippen molar-refractivity contribution in [2.75, 3.05) is 40.3 Å². The van der Waals surface area contributed by atoms with Gasteiger partial charge < -0.3 is 19.5 Å². The van der Waals surface area contributed by atoms with Gasteiger partial charge in [0.25, 0.3) is 0 Å². The molecule has 2 heterocycles. The average Bonchev–Trinajstić information content (AvgIpc) is 3.42. The number of carbonyl (C=O) groups is 1. The van der Waals surface area contributed by atoms with Gasteiger partial charge in [-0.3, -0.25) is 4.79 Å². The van der Waals surface area contributed by atoms with Crippen LogP contribution in [0.15, 0.2) is 52.1 Å². The van der Waals surface area contributed by atoms with Crippen LogP contribution in [0.2, 0.25) is 0 Å². The molecule has 0 spiro atoms. The van der Waals surface area contributed by atoms with Crippen LogP contribution in [-0.2, 0) is 17.4 Å². The van der Waals surface area contributed by atoms with E-state index in [1.54, 1.807) is 26.4 Å². The summed E-state index contributed by atoms with van der Waals surface area (Å²) < 4.78 is 44.6. The van der Waals surface area contributed by atoms with E-state index in [4.69, 9.17) is 4.42 Å². The lowest BCUT2D eigenvalue weighted by Gasteiger charge is -2.22. The van der Waals surface area contributed by atoms with E-state index in [1.807, 2.05) is 17.0 Å². The third kappa shape index (κ3) is 7.14. The zero-order valence-electron chi connectivity index (χ0n) is 18.1. The Bertz CT molecular complexity index is 901. The summed E-state index contributed by atoms with van der Waals surface area (Å²) in [6, 6.07) is 9.21. The molecule has 1 aliphatic heterocycles. The summed E-state index contributed by atoms with van der Waals surface area (Å²) in [7, 11) is 3.34. The first kappa shape index (κ1) is 26.0. The molecule has 1 aromatic carbocycles. The molecule has 1 saturated heterocycles. The van der Waals surface area contributed by atoms with Gasteiger partial charge in [0, 0.05) is 46.1 Å². The van der Waals surface area contributed by atoms with Gasteiger partial charge in [0.15, 0.2) is 5.96 Å². The van der Waals surface area contributed by atoms with E-state index in [2.05, 4.69) is 10.3 Å². The molecule has 1 unspecified atom stereocenters. The van der Waals surface area contributed by atoms with E-state index < -0.39 is 11.7 Å². The number of halogens is 4. The summed E-state index contributed by atoms with van der Waals surface area (Å²) >= 11 is 0. The molecule has 10 heteroatoms. The molecule has 0 aliphatic carbocycles. The number of furan rings is 1. The molecule has 1 N–H and O–H groups in total. The fraction of sp³-hybridized carbons (Fsp3) is 0.455. The topological polar surface area (TPSA) is 61.1 Å². The van der Waals surface area contributed by atoms with Crippen molar-refractivity contribution < 1.29 is 22.4 Å². The van der Waals surface area contributed by atoms with Gasteiger partial charge in [-0.15, -0.1) is 24.0 Å². The van der Waals surface area contributed by atoms with Crippen molar-refractivity contribution >= 4 is 35.8 Å². The van der Waals surface area contributed by atoms with E-state index in [9.17, 15) is 18.0 Å². The quantitative estimate of drug-likeness (QED) is 0.328. The predicted molar refractivity (Wildman–Crippen MR) is 127 cm³/mol. The van der Waals surface area contributed by atoms with Gasteiger partial charge in [-0.2, -0.15) is 13.2 Å². The number of likely N-dealkylation sites (tertiary alicyclic amines) is 1. The van der Waals surface area contributed by atoms with Crippen LogP contribution in [0, 0.1) is 0 Å². The van der Waals surface area contributed by atoms with Crippen LogP contribution in [0.4, 0.5) is 13.2 Å². The number of aliphatic imine (C=N–C) groups is 1. The third-order valence-electron chi connectivity index (χ3n) is 5.27. The molecule has 6 nitrogen and oxygen atoms in total. The summed E-state index contributed by atoms with van der Waals surface area (Å²) in [5, 5.41) is 3.27. The number of carbonyl (C=O) groups excluding carboxylic acids is 1. The molecule has 2 aromatic rings. The Kier molecular flexibility index (Phi) is 9.41. The molecule has 1 aliphatic rings. The number of hydrogen-bond acceptors (Lipinski definition) is 3. The maximum absolute atomic E-state index is 13.1. The molecule has 1 fully saturated rings. The van der Waals surface area contributed by atoms with Crippen LogP contribution in [0.25, 0.3) is 0 Å². The largest absolute Gasteiger partial charge is 0.469 e. The maximum Gasteiger partial charge on any atom is 0.416 e. The number of likely N-dealkylation sites (N-methyl/N-ethyl adjacent to an activating group) is 1. The Labute approximate surface area is 202 Å². The number of amides is 1. The Balaban J connectivity index is 0.00000363. The van der Waals surface area contributed by atoms with Gasteiger partial charge in [-0.05, 0) is 30.2 Å². The van der Waals surface area contributed by atoms with Crippen LogP contribution in [0.1, 0.15) is 29.2 Å². The number of hydrogen-bond donors (Lipinski definition) is 1. The average molecular weight is 564 g/mol. The molecular formula is C22H28F3IN4O2. The third-order valence-corrected chi connectivity index (χ3v) is 5.27. The fourth-order valence-corrected chi connectivity index (χ4v) is 3.50. The molecule has 1 aromatic heterocycles. The lowest BCUT2D eigenvalue weighted by atomic mass is 9.96. The predicted octanol–water partition coefficient (Wildman–Crippen LogP) is 3.98. The number of nitrogens with one attached hydrogen (secondary N) is 1. The highest BCUT2D eigenvalue weighted by atomic mass is 127. The van der Waals surface area contributed by atoms with Crippen LogP contribution < -0.4 is 5.32 Å². The molecule has 32 heavy (non-hydrogen) atoms. The van der Waals surface area contributed by atoms with Gasteiger partial charge >= 0.3 is 6.18 Å². The summed E-state index contributed by atoms with van der Waals surface area (Å²) in [6.45, 7) is 1.74. The highest BCUT2D eigenvalue weighted by Gasteiger charge is 2.32. The number of alkyl halides is 3. The van der Waals surface area contributed by atoms with Gasteiger partial charge in [0.2, 0.25) is 5.91 Å². The lowest BCUT2D eigenvalue weighted by Crippen LogP contribution is -2.41. The molecule has 0 bridgehead atoms. The van der Waals surface area contributed by atoms with Crippen LogP contribution >= 0.6 is 24.0 Å². The highest BCUT2D eigenvalue weighted by Crippen LogP contribution is 2.33. The molecule has 1 amide bonds. The van der Waals surface area contributed by atoms with Crippen LogP contribution in [-0.4, -0.2) is 61.9 Å². The second-order valence-electron chi connectivity index (χ2n) is 7.74. The van der Waals surface area contributed by atoms with Crippen molar-refractivity contribution in [2.24, 2.45) is 4.99 Å². The first-order chi connectivity index (χ1) is 14.7. The molecule has 3 rings (SSSR count). The van der Waals surface area contributed by atoms with Crippen molar-refractivity contribution in [1.29, 1.82) is 0 Å². The van der Waals surface area contributed by atoms with E-state index in [0.29, 0.717) is 44.0 Å². The zero-order valence-corrected chi connectivity index (χ0v) is 20.4. The first-order valence-electron chi connectivity index (χ1n) is 10.2. The SMILES string of the molecule is CN(C)C(=O)CN=C(NCCc1ccco1)N1CCC(c2cccc(C(F)(F)F)c2)C1.I. The summed E-state index contributed by atoms with van der Waals surface area (Å²) in [4.78, 5) is 19.9. The zero-order chi connectivity index (χ0) is 22.4. The first-order valence-corrected chi connectivity index (χ1v) is 10.2. The van der Waals surface area contributed by atoms with Crippen molar-refractivity contribution in [1.82, 2.24) is 15.1 Å². The Morgan fingerprint density at radius 3 is 2.72 bits per heavy atom. The minimum atomic E-state index is -4.36. The Morgan fingerprint density at radius 1 is 1.28 bits per heavy atom. The molecule has 1 atom stereocenters. The fourth-order valence-electron chi connectivity index (χ4n) is 3.50. The van der Waals surface area contributed by atoms with E-state index in [-0.39, 0.29) is 42.3 Å². The van der Waals surface area contributed by atoms with Crippen LogP contribution in [0.5, 0.6) is 0 Å². The molecule has 0 saturated carbocycles. The minimum absolute atomic E-state index is 0. The molecular weight excluding hydrogens is 536 g/mol. The smallest absolute Gasteiger partial charge is 0.416 e. The van der Waals surface area contributed by atoms with Crippen LogP contribution in [0.3, 0.4) is 0 Å². The number of guanidine groups is 1. The standard InChI is InChI=1S/C22H27F3N4O2.HI/c1-28(2)20(30)14-27-21(26-10-8-19-7-4-12-31-19)29-11-9-17(15-29)16-5-3-6-18(13-16)22(23,24)25;/h3-7,12-13,17H,8-11,14-15H2,1-2H3,(H,26,27);1H. The summed E-state index contributed by atoms with van der Waals surface area (Å²) in [6.07, 6.45) is -1.39. The minimum Gasteiger partial charge on any atom is -0.469 e. The lowest BCUT2D eigenvalue weighted by molar-refractivity contribution is -0.137.